The van der Waals surface area contributed by atoms with Crippen molar-refractivity contribution in [1.29, 1.82) is 0 Å². The number of rotatable bonds is 6. The van der Waals surface area contributed by atoms with E-state index in [2.05, 4.69) is 38.5 Å². The molecule has 33 heavy (non-hydrogen) atoms. The Kier molecular flexibility index (Phi) is 6.48. The van der Waals surface area contributed by atoms with Gasteiger partial charge in [0.05, 0.1) is 30.6 Å². The molecular formula is C25H29N5O3. The number of carbonyl (C=O) groups is 1. The summed E-state index contributed by atoms with van der Waals surface area (Å²) in [5.41, 5.74) is 2.52. The zero-order valence-electron chi connectivity index (χ0n) is 18.6. The fraction of sp³-hybridized carbons (Fsp3) is 0.400. The third-order valence-corrected chi connectivity index (χ3v) is 6.32. The molecule has 8 heteroatoms. The van der Waals surface area contributed by atoms with Crippen LogP contribution in [0.25, 0.3) is 5.69 Å². The van der Waals surface area contributed by atoms with Crippen molar-refractivity contribution in [3.05, 3.63) is 78.4 Å². The van der Waals surface area contributed by atoms with E-state index >= 15 is 0 Å². The van der Waals surface area contributed by atoms with E-state index in [1.54, 1.807) is 30.7 Å². The number of hydrogen-bond donors (Lipinski definition) is 1. The van der Waals surface area contributed by atoms with Gasteiger partial charge in [0.1, 0.15) is 5.60 Å². The number of aromatic nitrogens is 3. The van der Waals surface area contributed by atoms with Crippen molar-refractivity contribution in [3.8, 4) is 5.69 Å². The average molecular weight is 448 g/mol. The Balaban J connectivity index is 1.22. The number of nitrogens with zero attached hydrogens (tertiary/aromatic N) is 4. The van der Waals surface area contributed by atoms with Crippen molar-refractivity contribution >= 4 is 5.91 Å². The van der Waals surface area contributed by atoms with Crippen molar-refractivity contribution in [2.75, 3.05) is 32.8 Å². The quantitative estimate of drug-likeness (QED) is 0.625. The summed E-state index contributed by atoms with van der Waals surface area (Å²) in [6, 6.07) is 13.8. The number of benzene rings is 1. The number of para-hydroxylation sites is 1. The zero-order chi connectivity index (χ0) is 22.5. The van der Waals surface area contributed by atoms with E-state index in [4.69, 9.17) is 9.47 Å². The topological polar surface area (TPSA) is 81.5 Å². The Labute approximate surface area is 193 Å². The van der Waals surface area contributed by atoms with Gasteiger partial charge in [-0.25, -0.2) is 4.68 Å². The lowest BCUT2D eigenvalue weighted by Gasteiger charge is -2.32. The molecule has 2 saturated heterocycles. The van der Waals surface area contributed by atoms with Gasteiger partial charge in [-0.15, -0.1) is 0 Å². The van der Waals surface area contributed by atoms with Crippen molar-refractivity contribution in [1.82, 2.24) is 25.0 Å². The maximum absolute atomic E-state index is 12.4. The van der Waals surface area contributed by atoms with Gasteiger partial charge in [0.25, 0.3) is 5.91 Å². The highest BCUT2D eigenvalue weighted by molar-refractivity contribution is 5.93. The van der Waals surface area contributed by atoms with E-state index in [0.29, 0.717) is 25.3 Å². The van der Waals surface area contributed by atoms with Gasteiger partial charge in [0, 0.05) is 51.0 Å². The molecule has 0 bridgehead atoms. The first kappa shape index (κ1) is 21.8. The smallest absolute Gasteiger partial charge is 0.252 e. The van der Waals surface area contributed by atoms with Crippen LogP contribution in [0.1, 0.15) is 28.8 Å². The van der Waals surface area contributed by atoms with Crippen molar-refractivity contribution in [2.24, 2.45) is 0 Å². The molecule has 3 aromatic rings. The number of hydrogen-bond acceptors (Lipinski definition) is 6. The molecule has 2 aliphatic heterocycles. The van der Waals surface area contributed by atoms with Crippen LogP contribution in [0.2, 0.25) is 0 Å². The Morgan fingerprint density at radius 3 is 2.97 bits per heavy atom. The predicted octanol–water partition coefficient (Wildman–Crippen LogP) is 2.45. The highest BCUT2D eigenvalue weighted by Crippen LogP contribution is 2.33. The number of ether oxygens (including phenoxy) is 2. The van der Waals surface area contributed by atoms with Crippen molar-refractivity contribution < 1.29 is 14.3 Å². The molecule has 1 spiro atoms. The molecule has 0 unspecified atom stereocenters. The maximum atomic E-state index is 12.4. The van der Waals surface area contributed by atoms with Crippen LogP contribution in [0, 0.1) is 0 Å². The first-order valence-corrected chi connectivity index (χ1v) is 11.4. The average Bonchev–Trinajstić information content (AvgIpc) is 3.47. The number of pyridine rings is 1. The third-order valence-electron chi connectivity index (χ3n) is 6.32. The normalized spacial score (nSPS) is 23.5. The fourth-order valence-electron chi connectivity index (χ4n) is 4.71. The van der Waals surface area contributed by atoms with Gasteiger partial charge in [-0.2, -0.15) is 5.10 Å². The molecule has 4 heterocycles. The molecule has 0 saturated carbocycles. The molecule has 0 aliphatic carbocycles. The van der Waals surface area contributed by atoms with Gasteiger partial charge < -0.3 is 14.8 Å². The van der Waals surface area contributed by atoms with Gasteiger partial charge in [-0.1, -0.05) is 18.2 Å². The standard InChI is InChI=1S/C25H29N5O3/c31-24(20-6-3-10-26-15-20)27-16-22-8-9-25(33-22)18-29(13-14-32-19-25)17-21-5-1-2-7-23(21)30-12-4-11-28-30/h1-7,10-12,15,22H,8-9,13-14,16-19H2,(H,27,31)/t22-,25-/m0/s1. The van der Waals surface area contributed by atoms with Gasteiger partial charge in [0.2, 0.25) is 0 Å². The van der Waals surface area contributed by atoms with Crippen LogP contribution in [0.5, 0.6) is 0 Å². The minimum atomic E-state index is -0.346. The van der Waals surface area contributed by atoms with Gasteiger partial charge in [0.15, 0.2) is 0 Å². The molecule has 172 valence electrons. The van der Waals surface area contributed by atoms with E-state index in [9.17, 15) is 4.79 Å². The van der Waals surface area contributed by atoms with E-state index < -0.39 is 0 Å². The molecule has 0 radical (unpaired) electrons. The summed E-state index contributed by atoms with van der Waals surface area (Å²) in [5.74, 6) is -0.123. The largest absolute Gasteiger partial charge is 0.377 e. The predicted molar refractivity (Wildman–Crippen MR) is 123 cm³/mol. The fourth-order valence-corrected chi connectivity index (χ4v) is 4.71. The van der Waals surface area contributed by atoms with E-state index in [1.807, 2.05) is 23.0 Å². The second-order valence-electron chi connectivity index (χ2n) is 8.76. The second-order valence-corrected chi connectivity index (χ2v) is 8.76. The van der Waals surface area contributed by atoms with Crippen LogP contribution in [-0.4, -0.2) is 70.1 Å². The Morgan fingerprint density at radius 2 is 2.12 bits per heavy atom. The van der Waals surface area contributed by atoms with Crippen molar-refractivity contribution in [2.45, 2.75) is 31.1 Å². The summed E-state index contributed by atoms with van der Waals surface area (Å²) in [7, 11) is 0. The first-order valence-electron chi connectivity index (χ1n) is 11.4. The Bertz CT molecular complexity index is 1060. The van der Waals surface area contributed by atoms with Crippen LogP contribution >= 0.6 is 0 Å². The Hall–Kier alpha value is -3.07. The van der Waals surface area contributed by atoms with E-state index in [1.165, 1.54) is 5.56 Å². The van der Waals surface area contributed by atoms with Gasteiger partial charge in [-0.3, -0.25) is 14.7 Å². The Morgan fingerprint density at radius 1 is 1.18 bits per heavy atom. The third kappa shape index (κ3) is 5.13. The van der Waals surface area contributed by atoms with Crippen LogP contribution in [0.4, 0.5) is 0 Å². The molecule has 2 fully saturated rings. The summed E-state index contributed by atoms with van der Waals surface area (Å²) in [6.45, 7) is 4.19. The summed E-state index contributed by atoms with van der Waals surface area (Å²) < 4.78 is 14.4. The first-order chi connectivity index (χ1) is 16.2. The lowest BCUT2D eigenvalue weighted by molar-refractivity contribution is -0.0849. The van der Waals surface area contributed by atoms with E-state index in [-0.39, 0.29) is 17.6 Å². The monoisotopic (exact) mass is 447 g/mol. The zero-order valence-corrected chi connectivity index (χ0v) is 18.6. The van der Waals surface area contributed by atoms with E-state index in [0.717, 1.165) is 38.2 Å². The number of carbonyl (C=O) groups excluding carboxylic acids is 1. The lowest BCUT2D eigenvalue weighted by Crippen LogP contribution is -2.45. The highest BCUT2D eigenvalue weighted by Gasteiger charge is 2.43. The van der Waals surface area contributed by atoms with Crippen LogP contribution in [0.15, 0.2) is 67.3 Å². The number of nitrogens with one attached hydrogen (secondary N) is 1. The molecule has 1 aromatic carbocycles. The molecule has 2 atom stereocenters. The lowest BCUT2D eigenvalue weighted by atomic mass is 9.99. The summed E-state index contributed by atoms with van der Waals surface area (Å²) in [5, 5.41) is 7.39. The van der Waals surface area contributed by atoms with Crippen LogP contribution < -0.4 is 5.32 Å². The molecule has 5 rings (SSSR count). The van der Waals surface area contributed by atoms with Gasteiger partial charge in [-0.05, 0) is 42.7 Å². The molecule has 1 N–H and O–H groups in total. The molecule has 2 aliphatic rings. The number of amides is 1. The minimum absolute atomic E-state index is 0.0227. The summed E-state index contributed by atoms with van der Waals surface area (Å²) in [4.78, 5) is 18.8. The van der Waals surface area contributed by atoms with Crippen molar-refractivity contribution in [3.63, 3.8) is 0 Å². The van der Waals surface area contributed by atoms with Gasteiger partial charge >= 0.3 is 0 Å². The second kappa shape index (κ2) is 9.82. The molecule has 1 amide bonds. The molecular weight excluding hydrogens is 418 g/mol. The minimum Gasteiger partial charge on any atom is -0.377 e. The summed E-state index contributed by atoms with van der Waals surface area (Å²) in [6.07, 6.45) is 8.79. The SMILES string of the molecule is O=C(NC[C@@H]1CC[C@]2(COCCN(Cc3ccccc3-n3cccn3)C2)O1)c1cccnc1. The highest BCUT2D eigenvalue weighted by atomic mass is 16.6. The maximum Gasteiger partial charge on any atom is 0.252 e. The molecule has 8 nitrogen and oxygen atoms in total. The van der Waals surface area contributed by atoms with Crippen LogP contribution in [0.3, 0.4) is 0 Å². The van der Waals surface area contributed by atoms with Crippen LogP contribution in [-0.2, 0) is 16.0 Å². The molecule has 2 aromatic heterocycles. The summed E-state index contributed by atoms with van der Waals surface area (Å²) >= 11 is 0.